The zero-order valence-electron chi connectivity index (χ0n) is 13.8. The van der Waals surface area contributed by atoms with Crippen molar-refractivity contribution >= 4 is 39.8 Å². The number of thiazole rings is 1. The molecule has 4 rings (SSSR count). The molecule has 25 heavy (non-hydrogen) atoms. The van der Waals surface area contributed by atoms with Crippen molar-refractivity contribution in [2.24, 2.45) is 0 Å². The maximum Gasteiger partial charge on any atom is 0.287 e. The van der Waals surface area contributed by atoms with Crippen LogP contribution in [-0.2, 0) is 19.3 Å². The molecule has 0 bridgehead atoms. The minimum atomic E-state index is -0.189. The highest BCUT2D eigenvalue weighted by Gasteiger charge is 2.15. The smallest absolute Gasteiger partial charge is 0.287 e. The van der Waals surface area contributed by atoms with E-state index in [2.05, 4.69) is 5.32 Å². The number of benzene rings is 1. The van der Waals surface area contributed by atoms with E-state index >= 15 is 0 Å². The summed E-state index contributed by atoms with van der Waals surface area (Å²) in [6.07, 6.45) is 6.64. The molecule has 2 aromatic heterocycles. The summed E-state index contributed by atoms with van der Waals surface area (Å²) in [5.74, 6) is 0.132. The zero-order valence-corrected chi connectivity index (χ0v) is 15.4. The maximum atomic E-state index is 12.2. The van der Waals surface area contributed by atoms with Gasteiger partial charge < -0.3 is 9.73 Å². The van der Waals surface area contributed by atoms with Gasteiger partial charge in [-0.3, -0.25) is 4.79 Å². The molecule has 0 spiro atoms. The Balaban J connectivity index is 1.30. The quantitative estimate of drug-likeness (QED) is 0.653. The van der Waals surface area contributed by atoms with Gasteiger partial charge in [-0.15, -0.1) is 11.3 Å². The average molecular weight is 375 g/mol. The molecular weight excluding hydrogens is 356 g/mol. The van der Waals surface area contributed by atoms with E-state index < -0.39 is 0 Å². The van der Waals surface area contributed by atoms with Crippen LogP contribution in [0.4, 0.5) is 0 Å². The first kappa shape index (κ1) is 16.6. The number of hydrogen-bond donors (Lipinski definition) is 1. The van der Waals surface area contributed by atoms with Crippen molar-refractivity contribution < 1.29 is 9.21 Å². The standard InChI is InChI=1S/C19H19ClN2O2S/c20-13-7-8-15-12(10-13)11-16(24-15)19(23)21-9-3-6-18-22-14-4-1-2-5-17(14)25-18/h7-8,10-11H,1-6,9H2,(H,21,23). The Morgan fingerprint density at radius 3 is 3.04 bits per heavy atom. The van der Waals surface area contributed by atoms with Gasteiger partial charge in [-0.2, -0.15) is 0 Å². The van der Waals surface area contributed by atoms with Crippen LogP contribution in [0.1, 0.15) is 45.4 Å². The Kier molecular flexibility index (Phi) is 4.77. The average Bonchev–Trinajstić information content (AvgIpc) is 3.21. The Labute approximate surface area is 155 Å². The fourth-order valence-electron chi connectivity index (χ4n) is 3.17. The van der Waals surface area contributed by atoms with Crippen molar-refractivity contribution in [3.8, 4) is 0 Å². The van der Waals surface area contributed by atoms with Crippen LogP contribution in [0.15, 0.2) is 28.7 Å². The van der Waals surface area contributed by atoms with Gasteiger partial charge in [-0.05, 0) is 56.4 Å². The van der Waals surface area contributed by atoms with Crippen molar-refractivity contribution in [1.82, 2.24) is 10.3 Å². The summed E-state index contributed by atoms with van der Waals surface area (Å²) >= 11 is 7.80. The Morgan fingerprint density at radius 1 is 1.28 bits per heavy atom. The number of aryl methyl sites for hydroxylation is 3. The van der Waals surface area contributed by atoms with E-state index in [1.54, 1.807) is 24.3 Å². The molecule has 0 radical (unpaired) electrons. The number of amides is 1. The van der Waals surface area contributed by atoms with Crippen LogP contribution in [0, 0.1) is 0 Å². The third-order valence-corrected chi connectivity index (χ3v) is 5.90. The number of carbonyl (C=O) groups excluding carboxylic acids is 1. The van der Waals surface area contributed by atoms with Gasteiger partial charge in [0.15, 0.2) is 5.76 Å². The lowest BCUT2D eigenvalue weighted by Crippen LogP contribution is -2.24. The van der Waals surface area contributed by atoms with Gasteiger partial charge in [-0.1, -0.05) is 11.6 Å². The van der Waals surface area contributed by atoms with E-state index in [1.807, 2.05) is 11.3 Å². The van der Waals surface area contributed by atoms with Crippen LogP contribution in [0.25, 0.3) is 11.0 Å². The number of rotatable bonds is 5. The molecule has 130 valence electrons. The summed E-state index contributed by atoms with van der Waals surface area (Å²) in [7, 11) is 0. The van der Waals surface area contributed by atoms with Gasteiger partial charge in [0.25, 0.3) is 5.91 Å². The molecule has 1 aliphatic carbocycles. The first-order valence-corrected chi connectivity index (χ1v) is 9.83. The highest BCUT2D eigenvalue weighted by molar-refractivity contribution is 7.11. The first-order valence-electron chi connectivity index (χ1n) is 8.64. The SMILES string of the molecule is O=C(NCCCc1nc2c(s1)CCCC2)c1cc2cc(Cl)ccc2o1. The number of carbonyl (C=O) groups is 1. The molecule has 0 atom stereocenters. The Hall–Kier alpha value is -1.85. The van der Waals surface area contributed by atoms with Crippen molar-refractivity contribution in [1.29, 1.82) is 0 Å². The third kappa shape index (κ3) is 3.72. The predicted molar refractivity (Wildman–Crippen MR) is 101 cm³/mol. The molecule has 1 amide bonds. The lowest BCUT2D eigenvalue weighted by molar-refractivity contribution is 0.0927. The Bertz CT molecular complexity index is 892. The van der Waals surface area contributed by atoms with Crippen LogP contribution >= 0.6 is 22.9 Å². The van der Waals surface area contributed by atoms with Crippen molar-refractivity contribution in [3.05, 3.63) is 50.6 Å². The van der Waals surface area contributed by atoms with Gasteiger partial charge >= 0.3 is 0 Å². The molecular formula is C19H19ClN2O2S. The number of nitrogens with zero attached hydrogens (tertiary/aromatic N) is 1. The number of halogens is 1. The number of furan rings is 1. The summed E-state index contributed by atoms with van der Waals surface area (Å²) in [5, 5.41) is 5.58. The fourth-order valence-corrected chi connectivity index (χ4v) is 4.55. The molecule has 0 saturated heterocycles. The van der Waals surface area contributed by atoms with Gasteiger partial charge in [-0.25, -0.2) is 4.98 Å². The largest absolute Gasteiger partial charge is 0.451 e. The number of hydrogen-bond acceptors (Lipinski definition) is 4. The second kappa shape index (κ2) is 7.18. The molecule has 1 N–H and O–H groups in total. The molecule has 1 aliphatic rings. The zero-order chi connectivity index (χ0) is 17.2. The number of nitrogens with one attached hydrogen (secondary N) is 1. The van der Waals surface area contributed by atoms with E-state index in [0.717, 1.165) is 24.6 Å². The normalized spacial score (nSPS) is 13.8. The van der Waals surface area contributed by atoms with Crippen molar-refractivity contribution in [2.75, 3.05) is 6.54 Å². The van der Waals surface area contributed by atoms with Gasteiger partial charge in [0, 0.05) is 28.3 Å². The molecule has 0 saturated carbocycles. The van der Waals surface area contributed by atoms with Crippen LogP contribution in [0.3, 0.4) is 0 Å². The van der Waals surface area contributed by atoms with Gasteiger partial charge in [0.1, 0.15) is 5.58 Å². The summed E-state index contributed by atoms with van der Waals surface area (Å²) in [6.45, 7) is 0.612. The molecule has 3 aromatic rings. The highest BCUT2D eigenvalue weighted by atomic mass is 35.5. The molecule has 2 heterocycles. The van der Waals surface area contributed by atoms with E-state index in [0.29, 0.717) is 22.9 Å². The monoisotopic (exact) mass is 374 g/mol. The molecule has 4 nitrogen and oxygen atoms in total. The van der Waals surface area contributed by atoms with E-state index in [9.17, 15) is 4.79 Å². The lowest BCUT2D eigenvalue weighted by atomic mass is 10.0. The lowest BCUT2D eigenvalue weighted by Gasteiger charge is -2.06. The van der Waals surface area contributed by atoms with Crippen LogP contribution < -0.4 is 5.32 Å². The summed E-state index contributed by atoms with van der Waals surface area (Å²) < 4.78 is 5.57. The highest BCUT2D eigenvalue weighted by Crippen LogP contribution is 2.27. The van der Waals surface area contributed by atoms with E-state index in [4.69, 9.17) is 21.0 Å². The molecule has 0 aliphatic heterocycles. The summed E-state index contributed by atoms with van der Waals surface area (Å²) in [6, 6.07) is 7.05. The van der Waals surface area contributed by atoms with Crippen LogP contribution in [0.2, 0.25) is 5.02 Å². The minimum Gasteiger partial charge on any atom is -0.451 e. The first-order chi connectivity index (χ1) is 12.2. The molecule has 6 heteroatoms. The number of aromatic nitrogens is 1. The predicted octanol–water partition coefficient (Wildman–Crippen LogP) is 4.78. The Morgan fingerprint density at radius 2 is 2.16 bits per heavy atom. The number of fused-ring (bicyclic) bond motifs is 2. The van der Waals surface area contributed by atoms with Crippen molar-refractivity contribution in [2.45, 2.75) is 38.5 Å². The van der Waals surface area contributed by atoms with Crippen molar-refractivity contribution in [3.63, 3.8) is 0 Å². The van der Waals surface area contributed by atoms with Crippen LogP contribution in [0.5, 0.6) is 0 Å². The maximum absolute atomic E-state index is 12.2. The van der Waals surface area contributed by atoms with E-state index in [-0.39, 0.29) is 5.91 Å². The third-order valence-electron chi connectivity index (χ3n) is 4.45. The molecule has 0 unspecified atom stereocenters. The topological polar surface area (TPSA) is 55.1 Å². The minimum absolute atomic E-state index is 0.189. The fraction of sp³-hybridized carbons (Fsp3) is 0.368. The second-order valence-corrected chi connectivity index (χ2v) is 7.94. The van der Waals surface area contributed by atoms with E-state index in [1.165, 1.54) is 34.8 Å². The summed E-state index contributed by atoms with van der Waals surface area (Å²) in [5.41, 5.74) is 1.97. The second-order valence-electron chi connectivity index (χ2n) is 6.34. The molecule has 1 aromatic carbocycles. The molecule has 0 fully saturated rings. The van der Waals surface area contributed by atoms with Gasteiger partial charge in [0.2, 0.25) is 0 Å². The summed E-state index contributed by atoms with van der Waals surface area (Å²) in [4.78, 5) is 18.4. The van der Waals surface area contributed by atoms with Crippen LogP contribution in [-0.4, -0.2) is 17.4 Å². The van der Waals surface area contributed by atoms with Gasteiger partial charge in [0.05, 0.1) is 10.7 Å².